The lowest BCUT2D eigenvalue weighted by Crippen LogP contribution is -2.49. The molecule has 1 N–H and O–H groups in total. The maximum Gasteiger partial charge on any atom is 0.119 e. The van der Waals surface area contributed by atoms with E-state index >= 15 is 0 Å². The van der Waals surface area contributed by atoms with Gasteiger partial charge in [-0.15, -0.1) is 0 Å². The summed E-state index contributed by atoms with van der Waals surface area (Å²) < 4.78 is 5.23. The van der Waals surface area contributed by atoms with Crippen molar-refractivity contribution in [3.05, 3.63) is 29.8 Å². The number of nitrogens with one attached hydrogen (secondary N) is 1. The first-order chi connectivity index (χ1) is 7.78. The van der Waals surface area contributed by atoms with E-state index in [0.717, 1.165) is 12.3 Å². The van der Waals surface area contributed by atoms with Crippen molar-refractivity contribution in [2.24, 2.45) is 0 Å². The Kier molecular flexibility index (Phi) is 3.49. The highest BCUT2D eigenvalue weighted by Gasteiger charge is 2.34. The van der Waals surface area contributed by atoms with Crippen LogP contribution in [0.5, 0.6) is 5.75 Å². The smallest absolute Gasteiger partial charge is 0.119 e. The summed E-state index contributed by atoms with van der Waals surface area (Å²) in [5, 5.41) is 3.69. The molecule has 1 aliphatic rings. The third-order valence-corrected chi connectivity index (χ3v) is 3.79. The summed E-state index contributed by atoms with van der Waals surface area (Å²) in [4.78, 5) is 0. The molecule has 0 heterocycles. The fraction of sp³-hybridized carbons (Fsp3) is 0.571. The molecule has 0 amide bonds. The molecule has 0 radical (unpaired) electrons. The van der Waals surface area contributed by atoms with Gasteiger partial charge in [-0.2, -0.15) is 0 Å². The first-order valence-electron chi connectivity index (χ1n) is 6.16. The van der Waals surface area contributed by atoms with E-state index in [1.807, 2.05) is 6.07 Å². The summed E-state index contributed by atoms with van der Waals surface area (Å²) in [5.74, 6) is 0.943. The summed E-state index contributed by atoms with van der Waals surface area (Å²) in [6, 6.07) is 8.30. The lowest BCUT2D eigenvalue weighted by molar-refractivity contribution is 0.175. The predicted molar refractivity (Wildman–Crippen MR) is 66.7 cm³/mol. The van der Waals surface area contributed by atoms with Crippen LogP contribution in [-0.2, 0) is 6.54 Å². The molecule has 16 heavy (non-hydrogen) atoms. The van der Waals surface area contributed by atoms with Crippen molar-refractivity contribution in [3.63, 3.8) is 0 Å². The van der Waals surface area contributed by atoms with Crippen molar-refractivity contribution >= 4 is 0 Å². The molecule has 1 saturated carbocycles. The van der Waals surface area contributed by atoms with Gasteiger partial charge < -0.3 is 10.1 Å². The SMILES string of the molecule is CCC1(NCc2cccc(OC)c2)CCC1. The zero-order chi connectivity index (χ0) is 11.4. The summed E-state index contributed by atoms with van der Waals surface area (Å²) in [5.41, 5.74) is 1.72. The van der Waals surface area contributed by atoms with Crippen molar-refractivity contribution in [1.82, 2.24) is 5.32 Å². The second-order valence-electron chi connectivity index (χ2n) is 4.69. The Hall–Kier alpha value is -1.02. The van der Waals surface area contributed by atoms with E-state index in [-0.39, 0.29) is 0 Å². The summed E-state index contributed by atoms with van der Waals surface area (Å²) in [7, 11) is 1.71. The quantitative estimate of drug-likeness (QED) is 0.821. The van der Waals surface area contributed by atoms with Gasteiger partial charge in [-0.3, -0.25) is 0 Å². The molecule has 0 spiro atoms. The maximum absolute atomic E-state index is 5.23. The highest BCUT2D eigenvalue weighted by molar-refractivity contribution is 5.28. The first-order valence-corrected chi connectivity index (χ1v) is 6.16. The Bertz CT molecular complexity index is 339. The minimum atomic E-state index is 0.420. The highest BCUT2D eigenvalue weighted by Crippen LogP contribution is 2.34. The molecule has 2 rings (SSSR count). The summed E-state index contributed by atoms with van der Waals surface area (Å²) in [6.45, 7) is 3.22. The fourth-order valence-corrected chi connectivity index (χ4v) is 2.33. The van der Waals surface area contributed by atoms with Crippen LogP contribution in [0, 0.1) is 0 Å². The van der Waals surface area contributed by atoms with E-state index in [9.17, 15) is 0 Å². The Morgan fingerprint density at radius 2 is 2.19 bits per heavy atom. The van der Waals surface area contributed by atoms with Crippen molar-refractivity contribution in [2.45, 2.75) is 44.7 Å². The molecule has 0 aliphatic heterocycles. The van der Waals surface area contributed by atoms with Gasteiger partial charge in [-0.1, -0.05) is 19.1 Å². The molecule has 1 fully saturated rings. The van der Waals surface area contributed by atoms with E-state index in [1.54, 1.807) is 7.11 Å². The van der Waals surface area contributed by atoms with Gasteiger partial charge in [0.1, 0.15) is 5.75 Å². The van der Waals surface area contributed by atoms with Crippen LogP contribution in [-0.4, -0.2) is 12.6 Å². The maximum atomic E-state index is 5.23. The summed E-state index contributed by atoms with van der Waals surface area (Å²) >= 11 is 0. The van der Waals surface area contributed by atoms with E-state index in [0.29, 0.717) is 5.54 Å². The van der Waals surface area contributed by atoms with Crippen LogP contribution in [0.1, 0.15) is 38.2 Å². The normalized spacial score (nSPS) is 17.9. The number of ether oxygens (including phenoxy) is 1. The highest BCUT2D eigenvalue weighted by atomic mass is 16.5. The Balaban J connectivity index is 1.93. The lowest BCUT2D eigenvalue weighted by atomic mass is 9.75. The van der Waals surface area contributed by atoms with Gasteiger partial charge in [0.2, 0.25) is 0 Å². The molecule has 88 valence electrons. The molecule has 0 aromatic heterocycles. The van der Waals surface area contributed by atoms with Gasteiger partial charge in [-0.05, 0) is 43.4 Å². The Morgan fingerprint density at radius 3 is 2.75 bits per heavy atom. The Morgan fingerprint density at radius 1 is 1.38 bits per heavy atom. The predicted octanol–water partition coefficient (Wildman–Crippen LogP) is 3.12. The van der Waals surface area contributed by atoms with Crippen LogP contribution in [0.15, 0.2) is 24.3 Å². The Labute approximate surface area is 98.0 Å². The standard InChI is InChI=1S/C14H21NO/c1-3-14(8-5-9-14)15-11-12-6-4-7-13(10-12)16-2/h4,6-7,10,15H,3,5,8-9,11H2,1-2H3. The molecule has 1 aliphatic carbocycles. The molecule has 0 saturated heterocycles. The van der Waals surface area contributed by atoms with Crippen molar-refractivity contribution < 1.29 is 4.74 Å². The van der Waals surface area contributed by atoms with Gasteiger partial charge in [-0.25, -0.2) is 0 Å². The lowest BCUT2D eigenvalue weighted by Gasteiger charge is -2.42. The number of hydrogen-bond acceptors (Lipinski definition) is 2. The molecule has 0 bridgehead atoms. The van der Waals surface area contributed by atoms with Crippen molar-refractivity contribution in [2.75, 3.05) is 7.11 Å². The van der Waals surface area contributed by atoms with Crippen LogP contribution < -0.4 is 10.1 Å². The monoisotopic (exact) mass is 219 g/mol. The number of methoxy groups -OCH3 is 1. The van der Waals surface area contributed by atoms with E-state index in [4.69, 9.17) is 4.74 Å². The largest absolute Gasteiger partial charge is 0.497 e. The fourth-order valence-electron chi connectivity index (χ4n) is 2.33. The van der Waals surface area contributed by atoms with Crippen LogP contribution in [0.25, 0.3) is 0 Å². The molecule has 2 heteroatoms. The van der Waals surface area contributed by atoms with Gasteiger partial charge in [0, 0.05) is 12.1 Å². The number of hydrogen-bond donors (Lipinski definition) is 1. The zero-order valence-corrected chi connectivity index (χ0v) is 10.3. The van der Waals surface area contributed by atoms with E-state index < -0.39 is 0 Å². The molecular weight excluding hydrogens is 198 g/mol. The van der Waals surface area contributed by atoms with Gasteiger partial charge in [0.15, 0.2) is 0 Å². The number of rotatable bonds is 5. The average Bonchev–Trinajstić information content (AvgIpc) is 2.29. The first kappa shape index (κ1) is 11.5. The van der Waals surface area contributed by atoms with Crippen LogP contribution >= 0.6 is 0 Å². The van der Waals surface area contributed by atoms with Gasteiger partial charge in [0.25, 0.3) is 0 Å². The molecule has 1 aromatic carbocycles. The molecule has 0 atom stereocenters. The van der Waals surface area contributed by atoms with Crippen molar-refractivity contribution in [3.8, 4) is 5.75 Å². The van der Waals surface area contributed by atoms with Crippen LogP contribution in [0.4, 0.5) is 0 Å². The minimum Gasteiger partial charge on any atom is -0.497 e. The molecular formula is C14H21NO. The second kappa shape index (κ2) is 4.88. The second-order valence-corrected chi connectivity index (χ2v) is 4.69. The van der Waals surface area contributed by atoms with E-state index in [1.165, 1.54) is 31.2 Å². The van der Waals surface area contributed by atoms with Gasteiger partial charge in [0.05, 0.1) is 7.11 Å². The third kappa shape index (κ3) is 2.38. The van der Waals surface area contributed by atoms with Gasteiger partial charge >= 0.3 is 0 Å². The van der Waals surface area contributed by atoms with E-state index in [2.05, 4.69) is 30.4 Å². The molecule has 1 aromatic rings. The van der Waals surface area contributed by atoms with Crippen molar-refractivity contribution in [1.29, 1.82) is 0 Å². The average molecular weight is 219 g/mol. The zero-order valence-electron chi connectivity index (χ0n) is 10.3. The summed E-state index contributed by atoms with van der Waals surface area (Å²) in [6.07, 6.45) is 5.26. The molecule has 2 nitrogen and oxygen atoms in total. The number of benzene rings is 1. The minimum absolute atomic E-state index is 0.420. The topological polar surface area (TPSA) is 21.3 Å². The third-order valence-electron chi connectivity index (χ3n) is 3.79. The molecule has 0 unspecified atom stereocenters. The van der Waals surface area contributed by atoms with Crippen LogP contribution in [0.3, 0.4) is 0 Å². The van der Waals surface area contributed by atoms with Crippen LogP contribution in [0.2, 0.25) is 0 Å².